The highest BCUT2D eigenvalue weighted by Crippen LogP contribution is 2.30. The van der Waals surface area contributed by atoms with Crippen LogP contribution in [0.3, 0.4) is 0 Å². The van der Waals surface area contributed by atoms with Crippen LogP contribution in [0.15, 0.2) is 60.9 Å². The number of hydrogen-bond acceptors (Lipinski definition) is 5. The van der Waals surface area contributed by atoms with Crippen molar-refractivity contribution in [3.8, 4) is 17.0 Å². The lowest BCUT2D eigenvalue weighted by Gasteiger charge is -2.14. The SMILES string of the molecule is CC(C)Oc1ccc(-c2cc(NCC(O)c3ccccc3)ncn2)cc1Cl. The maximum Gasteiger partial charge on any atom is 0.138 e. The summed E-state index contributed by atoms with van der Waals surface area (Å²) in [6, 6.07) is 16.9. The van der Waals surface area contributed by atoms with Crippen molar-refractivity contribution < 1.29 is 9.84 Å². The Morgan fingerprint density at radius 1 is 1.07 bits per heavy atom. The van der Waals surface area contributed by atoms with Gasteiger partial charge in [0.05, 0.1) is 22.9 Å². The second kappa shape index (κ2) is 8.84. The molecule has 0 fully saturated rings. The zero-order valence-corrected chi connectivity index (χ0v) is 16.0. The van der Waals surface area contributed by atoms with Crippen LogP contribution in [-0.4, -0.2) is 27.7 Å². The Balaban J connectivity index is 1.71. The van der Waals surface area contributed by atoms with Gasteiger partial charge in [0.25, 0.3) is 0 Å². The van der Waals surface area contributed by atoms with Crippen LogP contribution in [-0.2, 0) is 0 Å². The molecule has 0 amide bonds. The first-order valence-corrected chi connectivity index (χ1v) is 9.16. The Bertz CT molecular complexity index is 888. The van der Waals surface area contributed by atoms with Gasteiger partial charge in [0.1, 0.15) is 17.9 Å². The first-order chi connectivity index (χ1) is 13.0. The summed E-state index contributed by atoms with van der Waals surface area (Å²) in [6.45, 7) is 4.26. The molecule has 0 bridgehead atoms. The number of halogens is 1. The average molecular weight is 384 g/mol. The van der Waals surface area contributed by atoms with Gasteiger partial charge >= 0.3 is 0 Å². The predicted molar refractivity (Wildman–Crippen MR) is 108 cm³/mol. The molecule has 3 aromatic rings. The largest absolute Gasteiger partial charge is 0.489 e. The molecule has 0 aliphatic rings. The minimum atomic E-state index is -0.619. The summed E-state index contributed by atoms with van der Waals surface area (Å²) in [7, 11) is 0. The smallest absolute Gasteiger partial charge is 0.138 e. The van der Waals surface area contributed by atoms with E-state index in [0.29, 0.717) is 23.1 Å². The quantitative estimate of drug-likeness (QED) is 0.617. The molecule has 0 aliphatic carbocycles. The number of rotatable bonds is 7. The fourth-order valence-electron chi connectivity index (χ4n) is 2.62. The topological polar surface area (TPSA) is 67.3 Å². The summed E-state index contributed by atoms with van der Waals surface area (Å²) in [5.74, 6) is 1.28. The first kappa shape index (κ1) is 19.1. The van der Waals surface area contributed by atoms with Gasteiger partial charge in [-0.25, -0.2) is 9.97 Å². The highest BCUT2D eigenvalue weighted by molar-refractivity contribution is 6.32. The summed E-state index contributed by atoms with van der Waals surface area (Å²) in [4.78, 5) is 8.53. The van der Waals surface area contributed by atoms with Crippen LogP contribution in [0.25, 0.3) is 11.3 Å². The fourth-order valence-corrected chi connectivity index (χ4v) is 2.84. The van der Waals surface area contributed by atoms with Crippen LogP contribution in [0, 0.1) is 0 Å². The van der Waals surface area contributed by atoms with Gasteiger partial charge in [-0.05, 0) is 37.6 Å². The number of aliphatic hydroxyl groups excluding tert-OH is 1. The number of aliphatic hydroxyl groups is 1. The number of nitrogens with zero attached hydrogens (tertiary/aromatic N) is 2. The Morgan fingerprint density at radius 3 is 2.56 bits per heavy atom. The van der Waals surface area contributed by atoms with Gasteiger partial charge in [-0.15, -0.1) is 0 Å². The molecule has 1 atom stereocenters. The number of ether oxygens (including phenoxy) is 1. The molecule has 3 rings (SSSR count). The lowest BCUT2D eigenvalue weighted by Crippen LogP contribution is -2.13. The van der Waals surface area contributed by atoms with Gasteiger partial charge in [0.15, 0.2) is 0 Å². The highest BCUT2D eigenvalue weighted by atomic mass is 35.5. The molecule has 0 spiro atoms. The molecule has 2 aromatic carbocycles. The summed E-state index contributed by atoms with van der Waals surface area (Å²) >= 11 is 6.32. The molecule has 140 valence electrons. The van der Waals surface area contributed by atoms with Crippen LogP contribution < -0.4 is 10.1 Å². The van der Waals surface area contributed by atoms with E-state index in [4.69, 9.17) is 16.3 Å². The third-order valence-electron chi connectivity index (χ3n) is 3.92. The maximum absolute atomic E-state index is 10.3. The first-order valence-electron chi connectivity index (χ1n) is 8.78. The van der Waals surface area contributed by atoms with Crippen LogP contribution in [0.4, 0.5) is 5.82 Å². The van der Waals surface area contributed by atoms with Gasteiger partial charge in [0.2, 0.25) is 0 Å². The van der Waals surface area contributed by atoms with Crippen molar-refractivity contribution >= 4 is 17.4 Å². The van der Waals surface area contributed by atoms with E-state index in [0.717, 1.165) is 16.8 Å². The molecule has 1 aromatic heterocycles. The minimum Gasteiger partial charge on any atom is -0.489 e. The normalized spacial score (nSPS) is 12.0. The van der Waals surface area contributed by atoms with E-state index in [-0.39, 0.29) is 6.10 Å². The molecule has 5 nitrogen and oxygen atoms in total. The van der Waals surface area contributed by atoms with Crippen LogP contribution in [0.2, 0.25) is 5.02 Å². The summed E-state index contributed by atoms with van der Waals surface area (Å²) in [5.41, 5.74) is 2.46. The van der Waals surface area contributed by atoms with Crippen LogP contribution in [0.5, 0.6) is 5.75 Å². The summed E-state index contributed by atoms with van der Waals surface area (Å²) in [5, 5.41) is 14.0. The Hall–Kier alpha value is -2.63. The van der Waals surface area contributed by atoms with E-state index in [2.05, 4.69) is 15.3 Å². The van der Waals surface area contributed by atoms with Crippen LogP contribution >= 0.6 is 11.6 Å². The highest BCUT2D eigenvalue weighted by Gasteiger charge is 2.10. The molecule has 6 heteroatoms. The van der Waals surface area contributed by atoms with E-state index < -0.39 is 6.10 Å². The van der Waals surface area contributed by atoms with Gasteiger partial charge < -0.3 is 15.2 Å². The van der Waals surface area contributed by atoms with E-state index in [1.165, 1.54) is 6.33 Å². The van der Waals surface area contributed by atoms with Crippen molar-refractivity contribution in [2.45, 2.75) is 26.1 Å². The molecule has 0 radical (unpaired) electrons. The molecule has 0 saturated carbocycles. The van der Waals surface area contributed by atoms with Crippen molar-refractivity contribution in [1.82, 2.24) is 9.97 Å². The second-order valence-electron chi connectivity index (χ2n) is 6.41. The fraction of sp³-hybridized carbons (Fsp3) is 0.238. The molecule has 0 saturated heterocycles. The molecule has 27 heavy (non-hydrogen) atoms. The Labute approximate surface area is 164 Å². The second-order valence-corrected chi connectivity index (χ2v) is 6.81. The average Bonchev–Trinajstić information content (AvgIpc) is 2.68. The van der Waals surface area contributed by atoms with E-state index >= 15 is 0 Å². The number of benzene rings is 2. The number of aromatic nitrogens is 2. The monoisotopic (exact) mass is 383 g/mol. The predicted octanol–water partition coefficient (Wildman–Crippen LogP) is 4.73. The van der Waals surface area contributed by atoms with Crippen molar-refractivity contribution in [3.05, 3.63) is 71.5 Å². The zero-order chi connectivity index (χ0) is 19.2. The van der Waals surface area contributed by atoms with Gasteiger partial charge in [0, 0.05) is 18.2 Å². The molecule has 1 heterocycles. The molecule has 1 unspecified atom stereocenters. The third kappa shape index (κ3) is 5.18. The van der Waals surface area contributed by atoms with E-state index in [9.17, 15) is 5.11 Å². The molecular weight excluding hydrogens is 362 g/mol. The van der Waals surface area contributed by atoms with Crippen molar-refractivity contribution in [3.63, 3.8) is 0 Å². The zero-order valence-electron chi connectivity index (χ0n) is 15.3. The standard InChI is InChI=1S/C21H22ClN3O2/c1-14(2)27-20-9-8-16(10-17(20)22)18-11-21(25-13-24-18)23-12-19(26)15-6-4-3-5-7-15/h3-11,13-14,19,26H,12H2,1-2H3,(H,23,24,25). The minimum absolute atomic E-state index is 0.0549. The third-order valence-corrected chi connectivity index (χ3v) is 4.21. The van der Waals surface area contributed by atoms with Gasteiger partial charge in [-0.2, -0.15) is 0 Å². The van der Waals surface area contributed by atoms with Crippen molar-refractivity contribution in [2.24, 2.45) is 0 Å². The maximum atomic E-state index is 10.3. The number of hydrogen-bond donors (Lipinski definition) is 2. The van der Waals surface area contributed by atoms with Crippen molar-refractivity contribution in [2.75, 3.05) is 11.9 Å². The molecule has 2 N–H and O–H groups in total. The van der Waals surface area contributed by atoms with Crippen LogP contribution in [0.1, 0.15) is 25.5 Å². The van der Waals surface area contributed by atoms with Gasteiger partial charge in [-0.3, -0.25) is 0 Å². The van der Waals surface area contributed by atoms with Gasteiger partial charge in [-0.1, -0.05) is 41.9 Å². The van der Waals surface area contributed by atoms with E-state index in [1.807, 2.05) is 68.4 Å². The van der Waals surface area contributed by atoms with E-state index in [1.54, 1.807) is 0 Å². The lowest BCUT2D eigenvalue weighted by atomic mass is 10.1. The molecule has 0 aliphatic heterocycles. The Morgan fingerprint density at radius 2 is 1.85 bits per heavy atom. The number of nitrogens with one attached hydrogen (secondary N) is 1. The number of anilines is 1. The summed E-state index contributed by atoms with van der Waals surface area (Å²) in [6.07, 6.45) is 0.921. The molecular formula is C21H22ClN3O2. The van der Waals surface area contributed by atoms with Crippen molar-refractivity contribution in [1.29, 1.82) is 0 Å². The lowest BCUT2D eigenvalue weighted by molar-refractivity contribution is 0.191. The Kier molecular flexibility index (Phi) is 6.27. The summed E-state index contributed by atoms with van der Waals surface area (Å²) < 4.78 is 5.66.